The molecule has 2 heterocycles. The molecule has 20 heavy (non-hydrogen) atoms. The first-order valence-corrected chi connectivity index (χ1v) is 8.73. The van der Waals surface area contributed by atoms with Crippen molar-refractivity contribution in [1.29, 1.82) is 0 Å². The molecule has 0 saturated carbocycles. The summed E-state index contributed by atoms with van der Waals surface area (Å²) in [5.74, 6) is 0.0383. The Morgan fingerprint density at radius 2 is 1.90 bits per heavy atom. The molecule has 0 radical (unpaired) electrons. The number of β-amino-alcohol motifs (C(OH)–C–C–N with tert-alkyl or cyclic N) is 2. The monoisotopic (exact) mass is 306 g/mol. The first-order valence-electron chi connectivity index (χ1n) is 6.90. The largest absolute Gasteiger partial charge is 0.389 e. The lowest BCUT2D eigenvalue weighted by atomic mass is 10.2. The second kappa shape index (κ2) is 5.97. The summed E-state index contributed by atoms with van der Waals surface area (Å²) in [5, 5.41) is 18.9. The molecule has 2 fully saturated rings. The number of aliphatic hydroxyl groups excluding tert-OH is 2. The molecule has 1 unspecified atom stereocenters. The molecular formula is C12H22N2O5S. The molecule has 0 aromatic carbocycles. The van der Waals surface area contributed by atoms with Crippen LogP contribution in [-0.2, 0) is 14.6 Å². The number of amides is 1. The molecule has 8 heteroatoms. The maximum Gasteiger partial charge on any atom is 0.237 e. The number of likely N-dealkylation sites (tertiary alicyclic amines) is 1. The fourth-order valence-corrected chi connectivity index (χ4v) is 4.65. The fourth-order valence-electron chi connectivity index (χ4n) is 2.92. The van der Waals surface area contributed by atoms with Crippen LogP contribution in [0.4, 0.5) is 0 Å². The molecule has 0 bridgehead atoms. The average Bonchev–Trinajstić information content (AvgIpc) is 2.84. The molecule has 2 saturated heterocycles. The minimum Gasteiger partial charge on any atom is -0.389 e. The maximum atomic E-state index is 12.3. The zero-order chi connectivity index (χ0) is 14.9. The summed E-state index contributed by atoms with van der Waals surface area (Å²) in [4.78, 5) is 15.6. The van der Waals surface area contributed by atoms with Crippen LogP contribution in [0.3, 0.4) is 0 Å². The highest BCUT2D eigenvalue weighted by atomic mass is 32.2. The molecule has 1 amide bonds. The molecule has 2 rings (SSSR count). The molecule has 7 nitrogen and oxygen atoms in total. The van der Waals surface area contributed by atoms with Gasteiger partial charge in [-0.1, -0.05) is 0 Å². The zero-order valence-electron chi connectivity index (χ0n) is 11.6. The van der Waals surface area contributed by atoms with Gasteiger partial charge in [0.25, 0.3) is 0 Å². The van der Waals surface area contributed by atoms with Crippen LogP contribution >= 0.6 is 0 Å². The maximum absolute atomic E-state index is 12.3. The van der Waals surface area contributed by atoms with E-state index in [1.807, 2.05) is 6.92 Å². The number of sulfone groups is 1. The number of hydrogen-bond donors (Lipinski definition) is 2. The zero-order valence-corrected chi connectivity index (χ0v) is 12.4. The van der Waals surface area contributed by atoms with Crippen LogP contribution in [0, 0.1) is 0 Å². The van der Waals surface area contributed by atoms with Gasteiger partial charge in [-0.05, 0) is 13.3 Å². The van der Waals surface area contributed by atoms with Gasteiger partial charge in [0.05, 0.1) is 30.3 Å². The first kappa shape index (κ1) is 15.7. The third kappa shape index (κ3) is 3.49. The Morgan fingerprint density at radius 3 is 2.35 bits per heavy atom. The van der Waals surface area contributed by atoms with Gasteiger partial charge < -0.3 is 15.1 Å². The number of nitrogens with zero attached hydrogens (tertiary/aromatic N) is 2. The van der Waals surface area contributed by atoms with Crippen LogP contribution in [0.5, 0.6) is 0 Å². The highest BCUT2D eigenvalue weighted by Crippen LogP contribution is 2.18. The number of rotatable bonds is 4. The molecule has 0 aliphatic carbocycles. The topological polar surface area (TPSA) is 98.2 Å². The fraction of sp³-hybridized carbons (Fsp3) is 0.917. The first-order chi connectivity index (χ1) is 9.32. The van der Waals surface area contributed by atoms with E-state index in [1.54, 1.807) is 9.80 Å². The second-order valence-corrected chi connectivity index (χ2v) is 7.79. The van der Waals surface area contributed by atoms with Crippen molar-refractivity contribution in [2.45, 2.75) is 31.6 Å². The van der Waals surface area contributed by atoms with Gasteiger partial charge in [-0.3, -0.25) is 9.69 Å². The lowest BCUT2D eigenvalue weighted by Gasteiger charge is -2.28. The van der Waals surface area contributed by atoms with E-state index < -0.39 is 22.0 Å². The van der Waals surface area contributed by atoms with Gasteiger partial charge >= 0.3 is 0 Å². The van der Waals surface area contributed by atoms with E-state index in [9.17, 15) is 23.4 Å². The summed E-state index contributed by atoms with van der Waals surface area (Å²) >= 11 is 0. The molecular weight excluding hydrogens is 284 g/mol. The smallest absolute Gasteiger partial charge is 0.237 e. The van der Waals surface area contributed by atoms with E-state index in [1.165, 1.54) is 0 Å². The highest BCUT2D eigenvalue weighted by molar-refractivity contribution is 7.91. The van der Waals surface area contributed by atoms with Crippen molar-refractivity contribution in [1.82, 2.24) is 9.80 Å². The van der Waals surface area contributed by atoms with Crippen LogP contribution in [0.1, 0.15) is 13.3 Å². The third-order valence-electron chi connectivity index (χ3n) is 4.00. The summed E-state index contributed by atoms with van der Waals surface area (Å²) in [6.07, 6.45) is -1.14. The van der Waals surface area contributed by atoms with Crippen molar-refractivity contribution in [3.8, 4) is 0 Å². The Morgan fingerprint density at radius 1 is 1.30 bits per heavy atom. The number of aliphatic hydroxyl groups is 2. The van der Waals surface area contributed by atoms with E-state index >= 15 is 0 Å². The second-order valence-electron chi connectivity index (χ2n) is 5.57. The molecule has 2 aliphatic rings. The summed E-state index contributed by atoms with van der Waals surface area (Å²) in [5.41, 5.74) is 0. The van der Waals surface area contributed by atoms with Gasteiger partial charge in [0, 0.05) is 25.7 Å². The van der Waals surface area contributed by atoms with Crippen molar-refractivity contribution < 1.29 is 23.4 Å². The van der Waals surface area contributed by atoms with Crippen molar-refractivity contribution in [3.05, 3.63) is 0 Å². The highest BCUT2D eigenvalue weighted by Gasteiger charge is 2.36. The van der Waals surface area contributed by atoms with E-state index in [0.29, 0.717) is 13.0 Å². The van der Waals surface area contributed by atoms with Crippen LogP contribution < -0.4 is 0 Å². The lowest BCUT2D eigenvalue weighted by molar-refractivity contribution is -0.133. The van der Waals surface area contributed by atoms with E-state index in [-0.39, 0.29) is 43.1 Å². The van der Waals surface area contributed by atoms with E-state index in [2.05, 4.69) is 0 Å². The van der Waals surface area contributed by atoms with E-state index in [4.69, 9.17) is 0 Å². The van der Waals surface area contributed by atoms with Gasteiger partial charge in [0.2, 0.25) is 5.91 Å². The molecule has 0 spiro atoms. The molecule has 3 atom stereocenters. The Balaban J connectivity index is 1.93. The van der Waals surface area contributed by atoms with Crippen LogP contribution in [0.25, 0.3) is 0 Å². The molecule has 0 aromatic rings. The quantitative estimate of drug-likeness (QED) is 0.627. The summed E-state index contributed by atoms with van der Waals surface area (Å²) in [7, 11) is -3.02. The molecule has 2 N–H and O–H groups in total. The molecule has 0 aromatic heterocycles. The van der Waals surface area contributed by atoms with Gasteiger partial charge in [-0.2, -0.15) is 0 Å². The Kier molecular flexibility index (Phi) is 4.68. The summed E-state index contributed by atoms with van der Waals surface area (Å²) in [6.45, 7) is 2.95. The Labute approximate surface area is 119 Å². The van der Waals surface area contributed by atoms with E-state index in [0.717, 1.165) is 0 Å². The number of carbonyl (C=O) groups excluding carboxylic acids is 1. The SMILES string of the molecule is CCN(C(=O)CN1C[C@@H](O)[C@@H](O)C1)C1CCS(=O)(=O)C1. The predicted octanol–water partition coefficient (Wildman–Crippen LogP) is -1.94. The standard InChI is InChI=1S/C12H22N2O5S/c1-2-14(9-3-4-20(18,19)8-9)12(17)7-13-5-10(15)11(16)6-13/h9-11,15-16H,2-8H2,1H3/t9?,10-,11+. The summed E-state index contributed by atoms with van der Waals surface area (Å²) in [6, 6.07) is -0.241. The number of carbonyl (C=O) groups is 1. The van der Waals surface area contributed by atoms with Gasteiger partial charge in [-0.15, -0.1) is 0 Å². The molecule has 2 aliphatic heterocycles. The van der Waals surface area contributed by atoms with Gasteiger partial charge in [0.1, 0.15) is 0 Å². The van der Waals surface area contributed by atoms with Crippen molar-refractivity contribution in [2.75, 3.05) is 37.7 Å². The average molecular weight is 306 g/mol. The normalized spacial score (nSPS) is 33.5. The third-order valence-corrected chi connectivity index (χ3v) is 5.75. The molecule has 116 valence electrons. The number of hydrogen-bond acceptors (Lipinski definition) is 6. The lowest BCUT2D eigenvalue weighted by Crippen LogP contribution is -2.46. The van der Waals surface area contributed by atoms with Crippen LogP contribution in [-0.4, -0.2) is 90.3 Å². The minimum atomic E-state index is -3.02. The predicted molar refractivity (Wildman–Crippen MR) is 72.9 cm³/mol. The number of likely N-dealkylation sites (N-methyl/N-ethyl adjacent to an activating group) is 1. The van der Waals surface area contributed by atoms with Crippen LogP contribution in [0.2, 0.25) is 0 Å². The van der Waals surface area contributed by atoms with Crippen molar-refractivity contribution in [2.24, 2.45) is 0 Å². The summed E-state index contributed by atoms with van der Waals surface area (Å²) < 4.78 is 23.0. The van der Waals surface area contributed by atoms with Crippen molar-refractivity contribution in [3.63, 3.8) is 0 Å². The van der Waals surface area contributed by atoms with Crippen LogP contribution in [0.15, 0.2) is 0 Å². The van der Waals surface area contributed by atoms with Gasteiger partial charge in [0.15, 0.2) is 9.84 Å². The van der Waals surface area contributed by atoms with Gasteiger partial charge in [-0.25, -0.2) is 8.42 Å². The minimum absolute atomic E-state index is 0.0395. The Bertz CT molecular complexity index is 456. The Hall–Kier alpha value is -0.700. The van der Waals surface area contributed by atoms with Crippen molar-refractivity contribution >= 4 is 15.7 Å².